The first-order valence-electron chi connectivity index (χ1n) is 9.70. The topological polar surface area (TPSA) is 42.4 Å². The third kappa shape index (κ3) is 3.34. The molecule has 1 fully saturated rings. The number of halogens is 2. The van der Waals surface area contributed by atoms with Crippen molar-refractivity contribution in [2.24, 2.45) is 0 Å². The van der Waals surface area contributed by atoms with Crippen LogP contribution in [-0.2, 0) is 11.3 Å². The van der Waals surface area contributed by atoms with E-state index in [-0.39, 0.29) is 18.1 Å². The summed E-state index contributed by atoms with van der Waals surface area (Å²) in [5, 5.41) is 0. The van der Waals surface area contributed by atoms with Gasteiger partial charge in [0.05, 0.1) is 11.7 Å². The summed E-state index contributed by atoms with van der Waals surface area (Å²) in [7, 11) is 0. The van der Waals surface area contributed by atoms with Crippen molar-refractivity contribution in [1.82, 2.24) is 9.88 Å². The molecule has 0 radical (unpaired) electrons. The smallest absolute Gasteiger partial charge is 0.410 e. The Morgan fingerprint density at radius 3 is 2.60 bits per heavy atom. The zero-order valence-electron chi connectivity index (χ0n) is 16.0. The van der Waals surface area contributed by atoms with Crippen molar-refractivity contribution in [1.29, 1.82) is 0 Å². The Labute approximate surface area is 172 Å². The average molecular weight is 404 g/mol. The Morgan fingerprint density at radius 1 is 1.03 bits per heavy atom. The molecule has 5 rings (SSSR count). The van der Waals surface area contributed by atoms with Gasteiger partial charge in [-0.05, 0) is 41.0 Å². The number of hydrogen-bond acceptors (Lipinski definition) is 3. The average Bonchev–Trinajstić information content (AvgIpc) is 3.11. The number of hydrogen-bond donors (Lipinski definition) is 0. The molecule has 150 valence electrons. The monoisotopic (exact) mass is 404 g/mol. The number of nitrogens with zero attached hydrogens (tertiary/aromatic N) is 2. The van der Waals surface area contributed by atoms with Crippen LogP contribution in [-0.4, -0.2) is 28.6 Å². The van der Waals surface area contributed by atoms with Crippen molar-refractivity contribution >= 4 is 12.2 Å². The van der Waals surface area contributed by atoms with Gasteiger partial charge >= 0.3 is 6.09 Å². The predicted molar refractivity (Wildman–Crippen MR) is 108 cm³/mol. The molecule has 2 aliphatic heterocycles. The maximum Gasteiger partial charge on any atom is 0.410 e. The van der Waals surface area contributed by atoms with Gasteiger partial charge in [-0.3, -0.25) is 9.88 Å². The van der Waals surface area contributed by atoms with Crippen LogP contribution in [0, 0.1) is 11.6 Å². The minimum atomic E-state index is -0.622. The molecule has 2 atom stereocenters. The summed E-state index contributed by atoms with van der Waals surface area (Å²) >= 11 is 0. The minimum absolute atomic E-state index is 0.000177. The first-order chi connectivity index (χ1) is 14.6. The lowest BCUT2D eigenvalue weighted by atomic mass is 9.84. The molecule has 1 aromatic heterocycles. The van der Waals surface area contributed by atoms with Crippen LogP contribution in [0.5, 0.6) is 0 Å². The molecule has 6 heteroatoms. The van der Waals surface area contributed by atoms with Gasteiger partial charge in [0.25, 0.3) is 0 Å². The highest BCUT2D eigenvalue weighted by molar-refractivity contribution is 5.72. The quantitative estimate of drug-likeness (QED) is 0.606. The number of pyridine rings is 1. The number of amides is 1. The number of rotatable bonds is 3. The van der Waals surface area contributed by atoms with Crippen LogP contribution in [0.3, 0.4) is 0 Å². The number of carbonyl (C=O) groups excluding carboxylic acids is 1. The van der Waals surface area contributed by atoms with Crippen LogP contribution in [0.1, 0.15) is 22.7 Å². The zero-order valence-corrected chi connectivity index (χ0v) is 16.0. The molecule has 0 saturated carbocycles. The lowest BCUT2D eigenvalue weighted by Crippen LogP contribution is -2.41. The molecular weight excluding hydrogens is 386 g/mol. The Hall–Kier alpha value is -3.54. The molecule has 3 heterocycles. The van der Waals surface area contributed by atoms with Crippen LogP contribution in [0.15, 0.2) is 66.9 Å². The van der Waals surface area contributed by atoms with Gasteiger partial charge in [-0.2, -0.15) is 0 Å². The molecule has 0 aliphatic carbocycles. The maximum atomic E-state index is 13.5. The Bertz CT molecular complexity index is 1120. The van der Waals surface area contributed by atoms with E-state index in [9.17, 15) is 13.6 Å². The third-order valence-corrected chi connectivity index (χ3v) is 5.64. The van der Waals surface area contributed by atoms with Gasteiger partial charge in [0.1, 0.15) is 18.2 Å². The summed E-state index contributed by atoms with van der Waals surface area (Å²) in [4.78, 5) is 18.3. The Kier molecular flexibility index (Phi) is 4.54. The van der Waals surface area contributed by atoms with Gasteiger partial charge in [0.2, 0.25) is 0 Å². The molecule has 0 bridgehead atoms. The maximum absolute atomic E-state index is 13.5. The van der Waals surface area contributed by atoms with Crippen molar-refractivity contribution in [3.05, 3.63) is 95.3 Å². The standard InChI is InChI=1S/C24H18F2N2O2/c25-18-9-17(10-19(26)11-18)15-5-6-20(27-12-15)7-8-22-21-4-2-1-3-16(21)13-28-23(22)14-30-24(28)29/h1-12,22-23H,13-14H2/b8-7+. The first kappa shape index (κ1) is 18.5. The van der Waals surface area contributed by atoms with Crippen LogP contribution in [0.2, 0.25) is 0 Å². The van der Waals surface area contributed by atoms with Crippen LogP contribution in [0.4, 0.5) is 13.6 Å². The molecule has 2 aliphatic rings. The number of fused-ring (bicyclic) bond motifs is 2. The van der Waals surface area contributed by atoms with E-state index in [1.165, 1.54) is 17.7 Å². The van der Waals surface area contributed by atoms with Crippen molar-refractivity contribution in [2.75, 3.05) is 6.61 Å². The Morgan fingerprint density at radius 2 is 1.83 bits per heavy atom. The van der Waals surface area contributed by atoms with E-state index >= 15 is 0 Å². The first-order valence-corrected chi connectivity index (χ1v) is 9.70. The summed E-state index contributed by atoms with van der Waals surface area (Å²) in [5.74, 6) is -1.24. The normalized spacial score (nSPS) is 20.2. The van der Waals surface area contributed by atoms with Crippen molar-refractivity contribution in [3.8, 4) is 11.1 Å². The van der Waals surface area contributed by atoms with E-state index in [4.69, 9.17) is 4.74 Å². The van der Waals surface area contributed by atoms with E-state index in [0.29, 0.717) is 24.3 Å². The largest absolute Gasteiger partial charge is 0.447 e. The van der Waals surface area contributed by atoms with E-state index < -0.39 is 11.6 Å². The molecule has 30 heavy (non-hydrogen) atoms. The second kappa shape index (κ2) is 7.37. The highest BCUT2D eigenvalue weighted by Crippen LogP contribution is 2.37. The van der Waals surface area contributed by atoms with E-state index in [2.05, 4.69) is 11.1 Å². The lowest BCUT2D eigenvalue weighted by molar-refractivity contribution is 0.154. The molecule has 4 nitrogen and oxygen atoms in total. The molecular formula is C24H18F2N2O2. The number of aromatic nitrogens is 1. The van der Waals surface area contributed by atoms with Crippen molar-refractivity contribution < 1.29 is 18.3 Å². The molecule has 3 aromatic rings. The fraction of sp³-hybridized carbons (Fsp3) is 0.167. The van der Waals surface area contributed by atoms with Gasteiger partial charge in [-0.25, -0.2) is 13.6 Å². The summed E-state index contributed by atoms with van der Waals surface area (Å²) in [6, 6.07) is 15.0. The summed E-state index contributed by atoms with van der Waals surface area (Å²) in [5.41, 5.74) is 4.08. The number of benzene rings is 2. The highest BCUT2D eigenvalue weighted by Gasteiger charge is 2.42. The molecule has 2 aromatic carbocycles. The predicted octanol–water partition coefficient (Wildman–Crippen LogP) is 5.16. The second-order valence-electron chi connectivity index (χ2n) is 7.49. The fourth-order valence-electron chi connectivity index (χ4n) is 4.17. The molecule has 2 unspecified atom stereocenters. The summed E-state index contributed by atoms with van der Waals surface area (Å²) in [6.07, 6.45) is 5.26. The second-order valence-corrected chi connectivity index (χ2v) is 7.49. The van der Waals surface area contributed by atoms with E-state index in [1.54, 1.807) is 23.2 Å². The number of ether oxygens (including phenoxy) is 1. The van der Waals surface area contributed by atoms with Crippen LogP contribution in [0.25, 0.3) is 17.2 Å². The summed E-state index contributed by atoms with van der Waals surface area (Å²) < 4.78 is 32.2. The highest BCUT2D eigenvalue weighted by atomic mass is 19.1. The van der Waals surface area contributed by atoms with E-state index in [0.717, 1.165) is 17.3 Å². The molecule has 1 saturated heterocycles. The van der Waals surface area contributed by atoms with E-state index in [1.807, 2.05) is 30.4 Å². The SMILES string of the molecule is O=C1OCC2C(/C=C/c3ccc(-c4cc(F)cc(F)c4)cn3)c3ccccc3CN12. The third-order valence-electron chi connectivity index (χ3n) is 5.64. The van der Waals surface area contributed by atoms with Gasteiger partial charge in [-0.1, -0.05) is 36.4 Å². The number of cyclic esters (lactones) is 1. The molecule has 0 spiro atoms. The molecule has 0 N–H and O–H groups in total. The summed E-state index contributed by atoms with van der Waals surface area (Å²) in [6.45, 7) is 0.917. The van der Waals surface area contributed by atoms with Crippen molar-refractivity contribution in [2.45, 2.75) is 18.5 Å². The van der Waals surface area contributed by atoms with Gasteiger partial charge in [0.15, 0.2) is 0 Å². The van der Waals surface area contributed by atoms with Crippen molar-refractivity contribution in [3.63, 3.8) is 0 Å². The fourth-order valence-corrected chi connectivity index (χ4v) is 4.17. The zero-order chi connectivity index (χ0) is 20.7. The van der Waals surface area contributed by atoms with Gasteiger partial charge in [0, 0.05) is 30.3 Å². The Balaban J connectivity index is 1.42. The minimum Gasteiger partial charge on any atom is -0.447 e. The van der Waals surface area contributed by atoms with Crippen LogP contribution < -0.4 is 0 Å². The van der Waals surface area contributed by atoms with Gasteiger partial charge < -0.3 is 4.74 Å². The lowest BCUT2D eigenvalue weighted by Gasteiger charge is -2.34. The number of carbonyl (C=O) groups is 1. The molecule has 1 amide bonds. The van der Waals surface area contributed by atoms with Gasteiger partial charge in [-0.15, -0.1) is 0 Å². The van der Waals surface area contributed by atoms with Crippen LogP contribution >= 0.6 is 0 Å².